The molecule has 1 aliphatic rings. The minimum absolute atomic E-state index is 0.00460. The second kappa shape index (κ2) is 7.18. The number of nitrogens with zero attached hydrogens (tertiary/aromatic N) is 2. The molecule has 0 unspecified atom stereocenters. The van der Waals surface area contributed by atoms with Crippen LogP contribution < -0.4 is 5.32 Å². The fourth-order valence-electron chi connectivity index (χ4n) is 2.86. The van der Waals surface area contributed by atoms with Crippen LogP contribution in [0.25, 0.3) is 0 Å². The zero-order valence-electron chi connectivity index (χ0n) is 12.7. The predicted octanol–water partition coefficient (Wildman–Crippen LogP) is 2.58. The topological polar surface area (TPSA) is 45.2 Å². The van der Waals surface area contributed by atoms with Gasteiger partial charge in [-0.3, -0.25) is 9.69 Å². The molecule has 0 saturated carbocycles. The molecule has 0 spiro atoms. The molecule has 0 aliphatic carbocycles. The summed E-state index contributed by atoms with van der Waals surface area (Å²) in [4.78, 5) is 19.2. The van der Waals surface area contributed by atoms with Crippen molar-refractivity contribution in [3.8, 4) is 0 Å². The Hall–Kier alpha value is -0.940. The van der Waals surface area contributed by atoms with E-state index >= 15 is 0 Å². The van der Waals surface area contributed by atoms with Gasteiger partial charge in [-0.1, -0.05) is 20.3 Å². The molecule has 1 fully saturated rings. The maximum atomic E-state index is 12.5. The van der Waals surface area contributed by atoms with Gasteiger partial charge in [0.15, 0.2) is 0 Å². The van der Waals surface area contributed by atoms with Crippen LogP contribution in [0.3, 0.4) is 0 Å². The Morgan fingerprint density at radius 1 is 1.40 bits per heavy atom. The number of likely N-dealkylation sites (tertiary alicyclic amines) is 1. The van der Waals surface area contributed by atoms with Crippen LogP contribution in [-0.4, -0.2) is 34.9 Å². The first-order valence-electron chi connectivity index (χ1n) is 7.50. The van der Waals surface area contributed by atoms with Crippen LogP contribution >= 0.6 is 11.3 Å². The minimum atomic E-state index is -0.00460. The summed E-state index contributed by atoms with van der Waals surface area (Å²) in [5.74, 6) is 0.484. The third-order valence-electron chi connectivity index (χ3n) is 3.79. The molecule has 2 rings (SSSR count). The smallest absolute Gasteiger partial charge is 0.237 e. The van der Waals surface area contributed by atoms with E-state index in [9.17, 15) is 4.79 Å². The third-order valence-corrected chi connectivity index (χ3v) is 4.62. The summed E-state index contributed by atoms with van der Waals surface area (Å²) in [6.45, 7) is 8.89. The highest BCUT2D eigenvalue weighted by Gasteiger charge is 2.29. The van der Waals surface area contributed by atoms with E-state index in [4.69, 9.17) is 0 Å². The van der Waals surface area contributed by atoms with Crippen molar-refractivity contribution in [2.24, 2.45) is 5.92 Å². The number of carbonyl (C=O) groups is 1. The van der Waals surface area contributed by atoms with Gasteiger partial charge < -0.3 is 5.32 Å². The average Bonchev–Trinajstić information content (AvgIpc) is 2.83. The van der Waals surface area contributed by atoms with E-state index in [0.29, 0.717) is 12.5 Å². The van der Waals surface area contributed by atoms with Crippen LogP contribution in [0.15, 0.2) is 5.38 Å². The van der Waals surface area contributed by atoms with Crippen molar-refractivity contribution < 1.29 is 4.79 Å². The van der Waals surface area contributed by atoms with E-state index < -0.39 is 0 Å². The van der Waals surface area contributed by atoms with Crippen LogP contribution in [0, 0.1) is 12.8 Å². The molecule has 1 aromatic rings. The van der Waals surface area contributed by atoms with Gasteiger partial charge in [-0.25, -0.2) is 4.98 Å². The largest absolute Gasteiger partial charge is 0.349 e. The molecular formula is C15H25N3OS. The van der Waals surface area contributed by atoms with Crippen LogP contribution in [-0.2, 0) is 11.3 Å². The van der Waals surface area contributed by atoms with E-state index in [-0.39, 0.29) is 11.9 Å². The van der Waals surface area contributed by atoms with Crippen LogP contribution in [0.5, 0.6) is 0 Å². The summed E-state index contributed by atoms with van der Waals surface area (Å²) in [5, 5.41) is 6.12. The fraction of sp³-hybridized carbons (Fsp3) is 0.733. The first kappa shape index (κ1) is 15.4. The van der Waals surface area contributed by atoms with Gasteiger partial charge in [-0.15, -0.1) is 11.3 Å². The van der Waals surface area contributed by atoms with Crippen molar-refractivity contribution >= 4 is 17.2 Å². The maximum absolute atomic E-state index is 12.5. The number of thiazole rings is 1. The van der Waals surface area contributed by atoms with Crippen LogP contribution in [0.2, 0.25) is 0 Å². The quantitative estimate of drug-likeness (QED) is 0.908. The molecule has 4 nitrogen and oxygen atoms in total. The lowest BCUT2D eigenvalue weighted by molar-refractivity contribution is -0.128. The minimum Gasteiger partial charge on any atom is -0.349 e. The Morgan fingerprint density at radius 3 is 2.65 bits per heavy atom. The summed E-state index contributed by atoms with van der Waals surface area (Å²) in [7, 11) is 0. The lowest BCUT2D eigenvalue weighted by atomic mass is 9.98. The first-order chi connectivity index (χ1) is 9.58. The molecule has 112 valence electrons. The Morgan fingerprint density at radius 2 is 2.10 bits per heavy atom. The molecular weight excluding hydrogens is 270 g/mol. The Bertz CT molecular complexity index is 438. The van der Waals surface area contributed by atoms with Gasteiger partial charge in [0.25, 0.3) is 0 Å². The molecule has 1 aromatic heterocycles. The van der Waals surface area contributed by atoms with Gasteiger partial charge in [-0.2, -0.15) is 0 Å². The van der Waals surface area contributed by atoms with E-state index in [1.165, 1.54) is 19.3 Å². The Balaban J connectivity index is 1.92. The average molecular weight is 295 g/mol. The van der Waals surface area contributed by atoms with Crippen molar-refractivity contribution in [1.29, 1.82) is 0 Å². The summed E-state index contributed by atoms with van der Waals surface area (Å²) in [6.07, 6.45) is 3.71. The second-order valence-electron chi connectivity index (χ2n) is 5.86. The lowest BCUT2D eigenvalue weighted by Gasteiger charge is -2.35. The highest BCUT2D eigenvalue weighted by Crippen LogP contribution is 2.18. The highest BCUT2D eigenvalue weighted by atomic mass is 32.1. The number of hydrogen-bond donors (Lipinski definition) is 1. The summed E-state index contributed by atoms with van der Waals surface area (Å²) in [6, 6.07) is -0.00460. The van der Waals surface area contributed by atoms with E-state index in [2.05, 4.69) is 29.0 Å². The SMILES string of the molecule is Cc1nc(CNC(=O)[C@@H](C(C)C)N2CCCCC2)cs1. The zero-order chi connectivity index (χ0) is 14.5. The van der Waals surface area contributed by atoms with Crippen LogP contribution in [0.1, 0.15) is 43.8 Å². The molecule has 2 heterocycles. The fourth-order valence-corrected chi connectivity index (χ4v) is 3.47. The van der Waals surface area contributed by atoms with Crippen molar-refractivity contribution in [3.63, 3.8) is 0 Å². The monoisotopic (exact) mass is 295 g/mol. The number of amides is 1. The molecule has 1 atom stereocenters. The molecule has 1 aliphatic heterocycles. The zero-order valence-corrected chi connectivity index (χ0v) is 13.5. The van der Waals surface area contributed by atoms with Gasteiger partial charge in [-0.05, 0) is 38.8 Å². The number of aromatic nitrogens is 1. The number of carbonyl (C=O) groups excluding carboxylic acids is 1. The normalized spacial score (nSPS) is 18.2. The summed E-state index contributed by atoms with van der Waals surface area (Å²) < 4.78 is 0. The van der Waals surface area contributed by atoms with Gasteiger partial charge >= 0.3 is 0 Å². The van der Waals surface area contributed by atoms with Crippen molar-refractivity contribution in [1.82, 2.24) is 15.2 Å². The Kier molecular flexibility index (Phi) is 5.54. The van der Waals surface area contributed by atoms with E-state index in [1.807, 2.05) is 12.3 Å². The molecule has 1 amide bonds. The lowest BCUT2D eigenvalue weighted by Crippen LogP contribution is -2.51. The highest BCUT2D eigenvalue weighted by molar-refractivity contribution is 7.09. The van der Waals surface area contributed by atoms with E-state index in [1.54, 1.807) is 11.3 Å². The van der Waals surface area contributed by atoms with Gasteiger partial charge in [0, 0.05) is 5.38 Å². The van der Waals surface area contributed by atoms with Crippen LogP contribution in [0.4, 0.5) is 0 Å². The third kappa shape index (κ3) is 4.03. The molecule has 0 radical (unpaired) electrons. The first-order valence-corrected chi connectivity index (χ1v) is 8.38. The molecule has 5 heteroatoms. The molecule has 1 saturated heterocycles. The van der Waals surface area contributed by atoms with Crippen molar-refractivity contribution in [2.45, 2.75) is 52.6 Å². The molecule has 1 N–H and O–H groups in total. The van der Waals surface area contributed by atoms with Gasteiger partial charge in [0.1, 0.15) is 0 Å². The maximum Gasteiger partial charge on any atom is 0.237 e. The van der Waals surface area contributed by atoms with Gasteiger partial charge in [0.05, 0.1) is 23.3 Å². The van der Waals surface area contributed by atoms with Crippen molar-refractivity contribution in [3.05, 3.63) is 16.1 Å². The number of aryl methyl sites for hydroxylation is 1. The Labute approximate surface area is 125 Å². The molecule has 20 heavy (non-hydrogen) atoms. The predicted molar refractivity (Wildman–Crippen MR) is 82.7 cm³/mol. The number of rotatable bonds is 5. The van der Waals surface area contributed by atoms with Gasteiger partial charge in [0.2, 0.25) is 5.91 Å². The number of hydrogen-bond acceptors (Lipinski definition) is 4. The standard InChI is InChI=1S/C15H25N3OS/c1-11(2)14(18-7-5-4-6-8-18)15(19)16-9-13-10-20-12(3)17-13/h10-11,14H,4-9H2,1-3H3,(H,16,19)/t14-/m1/s1. The molecule has 0 aromatic carbocycles. The van der Waals surface area contributed by atoms with Crippen molar-refractivity contribution in [2.75, 3.05) is 13.1 Å². The van der Waals surface area contributed by atoms with E-state index in [0.717, 1.165) is 23.8 Å². The summed E-state index contributed by atoms with van der Waals surface area (Å²) >= 11 is 1.63. The second-order valence-corrected chi connectivity index (χ2v) is 6.92. The molecule has 0 bridgehead atoms. The number of nitrogens with one attached hydrogen (secondary N) is 1. The number of piperidine rings is 1. The summed E-state index contributed by atoms with van der Waals surface area (Å²) in [5.41, 5.74) is 0.960.